The van der Waals surface area contributed by atoms with Crippen molar-refractivity contribution in [1.29, 1.82) is 0 Å². The number of nitrogens with one attached hydrogen (secondary N) is 1. The number of benzene rings is 1. The highest BCUT2D eigenvalue weighted by Crippen LogP contribution is 2.21. The molecule has 1 atom stereocenters. The summed E-state index contributed by atoms with van der Waals surface area (Å²) in [5, 5.41) is 4.38. The molecule has 0 spiro atoms. The number of hydrogen-bond acceptors (Lipinski definition) is 3. The molecule has 1 unspecified atom stereocenters. The first-order valence-electron chi connectivity index (χ1n) is 6.54. The van der Waals surface area contributed by atoms with E-state index in [1.165, 1.54) is 16.7 Å². The second-order valence-corrected chi connectivity index (χ2v) is 5.19. The van der Waals surface area contributed by atoms with Gasteiger partial charge in [0.25, 0.3) is 0 Å². The first-order chi connectivity index (χ1) is 9.01. The molecule has 1 aromatic carbocycles. The van der Waals surface area contributed by atoms with Crippen LogP contribution in [0.25, 0.3) is 0 Å². The van der Waals surface area contributed by atoms with Crippen LogP contribution in [0.4, 0.5) is 0 Å². The second-order valence-electron chi connectivity index (χ2n) is 5.19. The molecule has 2 aromatic rings. The molecule has 4 heteroatoms. The normalized spacial score (nSPS) is 12.7. The summed E-state index contributed by atoms with van der Waals surface area (Å²) < 4.78 is 1.89. The molecule has 1 aromatic heterocycles. The van der Waals surface area contributed by atoms with Gasteiger partial charge in [-0.05, 0) is 44.4 Å². The van der Waals surface area contributed by atoms with Crippen LogP contribution in [0.15, 0.2) is 24.3 Å². The lowest BCUT2D eigenvalue weighted by Gasteiger charge is -2.18. The summed E-state index contributed by atoms with van der Waals surface area (Å²) in [5.74, 6) is 5.73. The van der Waals surface area contributed by atoms with Crippen LogP contribution in [-0.4, -0.2) is 9.78 Å². The molecule has 0 fully saturated rings. The van der Waals surface area contributed by atoms with Crippen LogP contribution >= 0.6 is 0 Å². The molecule has 2 rings (SSSR count). The average molecular weight is 258 g/mol. The Morgan fingerprint density at radius 2 is 2.00 bits per heavy atom. The molecule has 0 radical (unpaired) electrons. The van der Waals surface area contributed by atoms with E-state index in [2.05, 4.69) is 48.6 Å². The molecule has 1 heterocycles. The lowest BCUT2D eigenvalue weighted by molar-refractivity contribution is 0.507. The fourth-order valence-corrected chi connectivity index (χ4v) is 2.45. The molecular weight excluding hydrogens is 236 g/mol. The van der Waals surface area contributed by atoms with Gasteiger partial charge >= 0.3 is 0 Å². The van der Waals surface area contributed by atoms with E-state index in [0.29, 0.717) is 0 Å². The van der Waals surface area contributed by atoms with E-state index in [-0.39, 0.29) is 6.04 Å². The Morgan fingerprint density at radius 1 is 1.26 bits per heavy atom. The summed E-state index contributed by atoms with van der Waals surface area (Å²) in [6, 6.07) is 8.68. The Labute approximate surface area is 114 Å². The van der Waals surface area contributed by atoms with Gasteiger partial charge in [-0.3, -0.25) is 16.0 Å². The standard InChI is InChI=1S/C15H22N4/c1-10-5-6-11(2)13(7-10)9-14(17-16)15-8-12(3)18-19(15)4/h5-8,14,17H,9,16H2,1-4H3. The quantitative estimate of drug-likeness (QED) is 0.652. The van der Waals surface area contributed by atoms with Crippen molar-refractivity contribution in [2.45, 2.75) is 33.2 Å². The topological polar surface area (TPSA) is 55.9 Å². The number of rotatable bonds is 4. The average Bonchev–Trinajstić information content (AvgIpc) is 2.69. The molecule has 0 saturated heterocycles. The molecule has 0 aliphatic carbocycles. The maximum atomic E-state index is 5.73. The maximum absolute atomic E-state index is 5.73. The van der Waals surface area contributed by atoms with E-state index < -0.39 is 0 Å². The third-order valence-electron chi connectivity index (χ3n) is 3.53. The number of aromatic nitrogens is 2. The van der Waals surface area contributed by atoms with E-state index in [0.717, 1.165) is 17.8 Å². The zero-order valence-electron chi connectivity index (χ0n) is 12.1. The zero-order valence-corrected chi connectivity index (χ0v) is 12.1. The van der Waals surface area contributed by atoms with Crippen molar-refractivity contribution in [1.82, 2.24) is 15.2 Å². The number of hydrazine groups is 1. The number of hydrogen-bond donors (Lipinski definition) is 2. The van der Waals surface area contributed by atoms with Gasteiger partial charge in [0.1, 0.15) is 0 Å². The predicted octanol–water partition coefficient (Wildman–Crippen LogP) is 2.09. The lowest BCUT2D eigenvalue weighted by atomic mass is 9.97. The number of nitrogens with two attached hydrogens (primary N) is 1. The Bertz CT molecular complexity index is 572. The van der Waals surface area contributed by atoms with E-state index in [4.69, 9.17) is 5.84 Å². The highest BCUT2D eigenvalue weighted by atomic mass is 15.3. The van der Waals surface area contributed by atoms with Gasteiger partial charge in [-0.15, -0.1) is 0 Å². The molecule has 0 aliphatic rings. The number of aryl methyl sites for hydroxylation is 4. The summed E-state index contributed by atoms with van der Waals surface area (Å²) in [5.41, 5.74) is 8.92. The van der Waals surface area contributed by atoms with E-state index in [1.807, 2.05) is 18.7 Å². The molecule has 4 nitrogen and oxygen atoms in total. The smallest absolute Gasteiger partial charge is 0.0669 e. The zero-order chi connectivity index (χ0) is 14.0. The minimum Gasteiger partial charge on any atom is -0.271 e. The Balaban J connectivity index is 2.29. The minimum atomic E-state index is 0.0756. The van der Waals surface area contributed by atoms with E-state index >= 15 is 0 Å². The van der Waals surface area contributed by atoms with Crippen molar-refractivity contribution < 1.29 is 0 Å². The Morgan fingerprint density at radius 3 is 2.58 bits per heavy atom. The summed E-state index contributed by atoms with van der Waals surface area (Å²) in [4.78, 5) is 0. The lowest BCUT2D eigenvalue weighted by Crippen LogP contribution is -2.31. The van der Waals surface area contributed by atoms with Crippen LogP contribution in [0.3, 0.4) is 0 Å². The Hall–Kier alpha value is -1.65. The number of nitrogens with zero attached hydrogens (tertiary/aromatic N) is 2. The molecular formula is C15H22N4. The van der Waals surface area contributed by atoms with Gasteiger partial charge in [0, 0.05) is 7.05 Å². The molecule has 0 bridgehead atoms. The molecule has 0 amide bonds. The van der Waals surface area contributed by atoms with Gasteiger partial charge in [0.2, 0.25) is 0 Å². The van der Waals surface area contributed by atoms with Crippen molar-refractivity contribution in [3.05, 3.63) is 52.3 Å². The third-order valence-corrected chi connectivity index (χ3v) is 3.53. The van der Waals surface area contributed by atoms with Gasteiger partial charge in [0.05, 0.1) is 17.4 Å². The molecule has 0 saturated carbocycles. The van der Waals surface area contributed by atoms with Crippen LogP contribution in [0.1, 0.15) is 34.1 Å². The molecule has 19 heavy (non-hydrogen) atoms. The molecule has 3 N–H and O–H groups in total. The monoisotopic (exact) mass is 258 g/mol. The van der Waals surface area contributed by atoms with Gasteiger partial charge in [-0.25, -0.2) is 0 Å². The summed E-state index contributed by atoms with van der Waals surface area (Å²) in [7, 11) is 1.95. The fourth-order valence-electron chi connectivity index (χ4n) is 2.45. The van der Waals surface area contributed by atoms with Crippen molar-refractivity contribution in [2.75, 3.05) is 0 Å². The summed E-state index contributed by atoms with van der Waals surface area (Å²) in [6.45, 7) is 6.24. The van der Waals surface area contributed by atoms with Crippen molar-refractivity contribution in [2.24, 2.45) is 12.9 Å². The first kappa shape index (κ1) is 13.8. The van der Waals surface area contributed by atoms with Crippen LogP contribution in [-0.2, 0) is 13.5 Å². The van der Waals surface area contributed by atoms with Gasteiger partial charge < -0.3 is 0 Å². The maximum Gasteiger partial charge on any atom is 0.0669 e. The highest BCUT2D eigenvalue weighted by Gasteiger charge is 2.16. The Kier molecular flexibility index (Phi) is 4.02. The van der Waals surface area contributed by atoms with Crippen molar-refractivity contribution in [3.63, 3.8) is 0 Å². The summed E-state index contributed by atoms with van der Waals surface area (Å²) >= 11 is 0. The van der Waals surface area contributed by atoms with Gasteiger partial charge in [0.15, 0.2) is 0 Å². The largest absolute Gasteiger partial charge is 0.271 e. The van der Waals surface area contributed by atoms with Crippen LogP contribution < -0.4 is 11.3 Å². The van der Waals surface area contributed by atoms with Gasteiger partial charge in [-0.1, -0.05) is 23.8 Å². The SMILES string of the molecule is Cc1ccc(C)c(CC(NN)c2cc(C)nn2C)c1. The predicted molar refractivity (Wildman–Crippen MR) is 77.6 cm³/mol. The van der Waals surface area contributed by atoms with Crippen LogP contribution in [0.2, 0.25) is 0 Å². The van der Waals surface area contributed by atoms with Crippen LogP contribution in [0, 0.1) is 20.8 Å². The molecule has 0 aliphatic heterocycles. The van der Waals surface area contributed by atoms with Crippen LogP contribution in [0.5, 0.6) is 0 Å². The van der Waals surface area contributed by atoms with Crippen molar-refractivity contribution >= 4 is 0 Å². The van der Waals surface area contributed by atoms with E-state index in [9.17, 15) is 0 Å². The fraction of sp³-hybridized carbons (Fsp3) is 0.400. The van der Waals surface area contributed by atoms with E-state index in [1.54, 1.807) is 0 Å². The first-order valence-corrected chi connectivity index (χ1v) is 6.54. The van der Waals surface area contributed by atoms with Crippen molar-refractivity contribution in [3.8, 4) is 0 Å². The minimum absolute atomic E-state index is 0.0756. The molecule has 102 valence electrons. The van der Waals surface area contributed by atoms with Gasteiger partial charge in [-0.2, -0.15) is 5.10 Å². The second kappa shape index (κ2) is 5.55. The highest BCUT2D eigenvalue weighted by molar-refractivity contribution is 5.32. The third kappa shape index (κ3) is 3.03. The summed E-state index contributed by atoms with van der Waals surface area (Å²) in [6.07, 6.45) is 0.864.